The van der Waals surface area contributed by atoms with Crippen LogP contribution in [0.2, 0.25) is 0 Å². The van der Waals surface area contributed by atoms with Gasteiger partial charge in [0, 0.05) is 6.42 Å². The van der Waals surface area contributed by atoms with Gasteiger partial charge >= 0.3 is 6.18 Å². The third kappa shape index (κ3) is 3.68. The topological polar surface area (TPSA) is 0 Å². The maximum Gasteiger partial charge on any atom is 0.416 e. The molecule has 0 spiro atoms. The highest BCUT2D eigenvalue weighted by molar-refractivity contribution is 5.31. The molecule has 0 N–H and O–H groups in total. The van der Waals surface area contributed by atoms with Crippen LogP contribution in [0.5, 0.6) is 0 Å². The van der Waals surface area contributed by atoms with Crippen LogP contribution >= 0.6 is 0 Å². The van der Waals surface area contributed by atoms with Crippen LogP contribution in [0.3, 0.4) is 0 Å². The molecule has 2 rings (SSSR count). The van der Waals surface area contributed by atoms with Crippen molar-refractivity contribution in [2.45, 2.75) is 31.6 Å². The number of rotatable bonds is 3. The summed E-state index contributed by atoms with van der Waals surface area (Å²) in [6.07, 6.45) is 0.373. The predicted octanol–water partition coefficient (Wildman–Crippen LogP) is 5.00. The fourth-order valence-electron chi connectivity index (χ4n) is 2.12. The Kier molecular flexibility index (Phi) is 4.26. The first-order chi connectivity index (χ1) is 9.36. The van der Waals surface area contributed by atoms with E-state index in [4.69, 9.17) is 0 Å². The van der Waals surface area contributed by atoms with Crippen molar-refractivity contribution in [3.63, 3.8) is 0 Å². The largest absolute Gasteiger partial charge is 0.416 e. The molecule has 1 unspecified atom stereocenters. The third-order valence-corrected chi connectivity index (χ3v) is 3.09. The summed E-state index contributed by atoms with van der Waals surface area (Å²) in [5.41, 5.74) is -0.647. The zero-order valence-electron chi connectivity index (χ0n) is 10.6. The minimum Gasteiger partial charge on any atom is -0.242 e. The Labute approximate surface area is 113 Å². The number of halogens is 5. The standard InChI is InChI=1S/C15H13F5/c16-13-7-10(6-12(9-13)15(18,19)20)8-14(17)11-4-2-1-3-5-11/h2,4-7,9,14H,1,3,8H2. The molecule has 0 nitrogen and oxygen atoms in total. The Morgan fingerprint density at radius 3 is 2.45 bits per heavy atom. The summed E-state index contributed by atoms with van der Waals surface area (Å²) in [5.74, 6) is -1.00. The van der Waals surface area contributed by atoms with E-state index in [-0.39, 0.29) is 12.0 Å². The quantitative estimate of drug-likeness (QED) is 0.686. The van der Waals surface area contributed by atoms with Crippen LogP contribution in [0.1, 0.15) is 24.0 Å². The van der Waals surface area contributed by atoms with Crippen molar-refractivity contribution in [2.75, 3.05) is 0 Å². The summed E-state index contributed by atoms with van der Waals surface area (Å²) >= 11 is 0. The number of allylic oxidation sites excluding steroid dienone is 4. The molecule has 108 valence electrons. The van der Waals surface area contributed by atoms with E-state index in [1.54, 1.807) is 12.2 Å². The van der Waals surface area contributed by atoms with Gasteiger partial charge in [-0.15, -0.1) is 0 Å². The van der Waals surface area contributed by atoms with Crippen molar-refractivity contribution in [3.8, 4) is 0 Å². The highest BCUT2D eigenvalue weighted by Gasteiger charge is 2.31. The summed E-state index contributed by atoms with van der Waals surface area (Å²) in [7, 11) is 0. The Bertz CT molecular complexity index is 540. The van der Waals surface area contributed by atoms with E-state index in [1.165, 1.54) is 0 Å². The smallest absolute Gasteiger partial charge is 0.242 e. The minimum atomic E-state index is -4.63. The van der Waals surface area contributed by atoms with Crippen molar-refractivity contribution < 1.29 is 22.0 Å². The number of hydrogen-bond acceptors (Lipinski definition) is 0. The molecule has 1 atom stereocenters. The van der Waals surface area contributed by atoms with Crippen LogP contribution < -0.4 is 0 Å². The molecule has 1 aliphatic rings. The van der Waals surface area contributed by atoms with Gasteiger partial charge in [-0.1, -0.05) is 18.2 Å². The molecule has 1 aromatic carbocycles. The molecule has 0 radical (unpaired) electrons. The molecule has 0 fully saturated rings. The van der Waals surface area contributed by atoms with Gasteiger partial charge in [0.25, 0.3) is 0 Å². The molecule has 0 saturated carbocycles. The molecule has 0 aromatic heterocycles. The molecule has 0 bridgehead atoms. The van der Waals surface area contributed by atoms with E-state index in [0.717, 1.165) is 18.6 Å². The first-order valence-electron chi connectivity index (χ1n) is 6.23. The lowest BCUT2D eigenvalue weighted by molar-refractivity contribution is -0.137. The first-order valence-corrected chi connectivity index (χ1v) is 6.23. The summed E-state index contributed by atoms with van der Waals surface area (Å²) in [5, 5.41) is 0. The van der Waals surface area contributed by atoms with E-state index in [9.17, 15) is 22.0 Å². The average Bonchev–Trinajstić information content (AvgIpc) is 2.38. The maximum absolute atomic E-state index is 14.0. The molecule has 1 aliphatic carbocycles. The molecule has 20 heavy (non-hydrogen) atoms. The second-order valence-corrected chi connectivity index (χ2v) is 4.70. The summed E-state index contributed by atoms with van der Waals surface area (Å²) in [6.45, 7) is 0. The minimum absolute atomic E-state index is 0.00435. The number of alkyl halides is 4. The van der Waals surface area contributed by atoms with Gasteiger partial charge in [-0.05, 0) is 42.2 Å². The SMILES string of the molecule is Fc1cc(CC(F)C2=CCCC=C2)cc(C(F)(F)F)c1. The summed E-state index contributed by atoms with van der Waals surface area (Å²) < 4.78 is 64.9. The molecule has 5 heteroatoms. The van der Waals surface area contributed by atoms with E-state index in [0.29, 0.717) is 18.1 Å². The van der Waals surface area contributed by atoms with Crippen LogP contribution in [0.4, 0.5) is 22.0 Å². The average molecular weight is 288 g/mol. The zero-order valence-corrected chi connectivity index (χ0v) is 10.6. The Morgan fingerprint density at radius 1 is 1.10 bits per heavy atom. The molecule has 0 saturated heterocycles. The number of benzene rings is 1. The van der Waals surface area contributed by atoms with Gasteiger partial charge < -0.3 is 0 Å². The summed E-state index contributed by atoms with van der Waals surface area (Å²) in [6, 6.07) is 2.15. The van der Waals surface area contributed by atoms with Crippen LogP contribution in [0.15, 0.2) is 42.0 Å². The van der Waals surface area contributed by atoms with Crippen molar-refractivity contribution in [2.24, 2.45) is 0 Å². The zero-order chi connectivity index (χ0) is 14.8. The van der Waals surface area contributed by atoms with Gasteiger partial charge in [0.05, 0.1) is 5.56 Å². The molecule has 1 aromatic rings. The van der Waals surface area contributed by atoms with E-state index in [2.05, 4.69) is 0 Å². The van der Waals surface area contributed by atoms with Crippen molar-refractivity contribution in [3.05, 3.63) is 58.9 Å². The lowest BCUT2D eigenvalue weighted by Gasteiger charge is -2.14. The Hall–Kier alpha value is -1.65. The fourth-order valence-corrected chi connectivity index (χ4v) is 2.12. The third-order valence-electron chi connectivity index (χ3n) is 3.09. The molecule has 0 heterocycles. The lowest BCUT2D eigenvalue weighted by Crippen LogP contribution is -2.11. The fraction of sp³-hybridized carbons (Fsp3) is 0.333. The maximum atomic E-state index is 14.0. The molecular weight excluding hydrogens is 275 g/mol. The van der Waals surface area contributed by atoms with Gasteiger partial charge in [-0.25, -0.2) is 8.78 Å². The van der Waals surface area contributed by atoms with E-state index in [1.807, 2.05) is 6.08 Å². The first kappa shape index (κ1) is 14.8. The molecular formula is C15H13F5. The van der Waals surface area contributed by atoms with Crippen LogP contribution in [0, 0.1) is 5.82 Å². The van der Waals surface area contributed by atoms with Crippen molar-refractivity contribution >= 4 is 0 Å². The van der Waals surface area contributed by atoms with Crippen LogP contribution in [0.25, 0.3) is 0 Å². The van der Waals surface area contributed by atoms with E-state index >= 15 is 0 Å². The molecule has 0 amide bonds. The van der Waals surface area contributed by atoms with Crippen LogP contribution in [-0.2, 0) is 12.6 Å². The second kappa shape index (κ2) is 5.77. The van der Waals surface area contributed by atoms with Gasteiger partial charge in [-0.2, -0.15) is 13.2 Å². The van der Waals surface area contributed by atoms with Crippen molar-refractivity contribution in [1.82, 2.24) is 0 Å². The Balaban J connectivity index is 2.19. The van der Waals surface area contributed by atoms with Crippen LogP contribution in [-0.4, -0.2) is 6.17 Å². The second-order valence-electron chi connectivity index (χ2n) is 4.70. The number of hydrogen-bond donors (Lipinski definition) is 0. The highest BCUT2D eigenvalue weighted by Crippen LogP contribution is 2.31. The van der Waals surface area contributed by atoms with Gasteiger partial charge in [0.15, 0.2) is 0 Å². The lowest BCUT2D eigenvalue weighted by atomic mass is 9.97. The molecule has 0 aliphatic heterocycles. The highest BCUT2D eigenvalue weighted by atomic mass is 19.4. The van der Waals surface area contributed by atoms with E-state index < -0.39 is 23.7 Å². The normalized spacial score (nSPS) is 16.9. The summed E-state index contributed by atoms with van der Waals surface area (Å²) in [4.78, 5) is 0. The monoisotopic (exact) mass is 288 g/mol. The predicted molar refractivity (Wildman–Crippen MR) is 66.5 cm³/mol. The van der Waals surface area contributed by atoms with Gasteiger partial charge in [-0.3, -0.25) is 0 Å². The van der Waals surface area contributed by atoms with Gasteiger partial charge in [0.1, 0.15) is 12.0 Å². The van der Waals surface area contributed by atoms with Gasteiger partial charge in [0.2, 0.25) is 0 Å². The Morgan fingerprint density at radius 2 is 1.85 bits per heavy atom. The van der Waals surface area contributed by atoms with Crippen molar-refractivity contribution in [1.29, 1.82) is 0 Å².